The molecule has 0 aromatic heterocycles. The lowest BCUT2D eigenvalue weighted by Crippen LogP contribution is -1.92. The van der Waals surface area contributed by atoms with Crippen LogP contribution >= 0.6 is 0 Å². The van der Waals surface area contributed by atoms with Crippen LogP contribution < -0.4 is 0 Å². The summed E-state index contributed by atoms with van der Waals surface area (Å²) < 4.78 is 6.04. The highest BCUT2D eigenvalue weighted by Crippen LogP contribution is 2.33. The van der Waals surface area contributed by atoms with Gasteiger partial charge in [-0.25, -0.2) is 0 Å². The maximum Gasteiger partial charge on any atom is 0.125 e. The van der Waals surface area contributed by atoms with Crippen molar-refractivity contribution in [3.05, 3.63) is 96.6 Å². The van der Waals surface area contributed by atoms with Crippen molar-refractivity contribution in [3.8, 4) is 0 Å². The molecular formula is C21H26O. The van der Waals surface area contributed by atoms with Gasteiger partial charge in [0.15, 0.2) is 0 Å². The fourth-order valence-corrected chi connectivity index (χ4v) is 2.42. The van der Waals surface area contributed by atoms with E-state index < -0.39 is 0 Å². The van der Waals surface area contributed by atoms with Crippen LogP contribution in [0.4, 0.5) is 0 Å². The lowest BCUT2D eigenvalue weighted by atomic mass is 9.94. The first kappa shape index (κ1) is 17.8. The summed E-state index contributed by atoms with van der Waals surface area (Å²) in [6, 6.07) is 0. The fraction of sp³-hybridized carbons (Fsp3) is 0.238. The van der Waals surface area contributed by atoms with Gasteiger partial charge in [0.25, 0.3) is 0 Å². The Morgan fingerprint density at radius 3 is 2.41 bits per heavy atom. The molecular weight excluding hydrogens is 268 g/mol. The van der Waals surface area contributed by atoms with Crippen molar-refractivity contribution in [2.75, 3.05) is 0 Å². The first-order valence-corrected chi connectivity index (χ1v) is 7.68. The SMILES string of the molecule is C=C/C=C\C=C1/CC(CCC)=C(C=C)OC(C)=C1/C=C\C=C. The minimum Gasteiger partial charge on any atom is -0.461 e. The zero-order valence-electron chi connectivity index (χ0n) is 13.8. The van der Waals surface area contributed by atoms with Crippen LogP contribution in [0.5, 0.6) is 0 Å². The summed E-state index contributed by atoms with van der Waals surface area (Å²) in [6.45, 7) is 15.5. The van der Waals surface area contributed by atoms with E-state index in [-0.39, 0.29) is 0 Å². The summed E-state index contributed by atoms with van der Waals surface area (Å²) in [6.07, 6.45) is 18.4. The molecule has 0 unspecified atom stereocenters. The molecule has 0 fully saturated rings. The molecule has 1 rings (SSSR count). The van der Waals surface area contributed by atoms with Crippen LogP contribution in [0.1, 0.15) is 33.1 Å². The summed E-state index contributed by atoms with van der Waals surface area (Å²) in [5.74, 6) is 1.78. The van der Waals surface area contributed by atoms with Gasteiger partial charge in [-0.1, -0.05) is 75.6 Å². The summed E-state index contributed by atoms with van der Waals surface area (Å²) in [5.41, 5.74) is 3.62. The number of ether oxygens (including phenoxy) is 1. The van der Waals surface area contributed by atoms with Gasteiger partial charge >= 0.3 is 0 Å². The van der Waals surface area contributed by atoms with E-state index in [0.717, 1.165) is 36.4 Å². The molecule has 1 aliphatic heterocycles. The average molecular weight is 294 g/mol. The van der Waals surface area contributed by atoms with E-state index in [4.69, 9.17) is 4.74 Å². The van der Waals surface area contributed by atoms with E-state index in [1.54, 1.807) is 12.2 Å². The van der Waals surface area contributed by atoms with E-state index in [0.29, 0.717) is 0 Å². The lowest BCUT2D eigenvalue weighted by molar-refractivity contribution is 0.316. The van der Waals surface area contributed by atoms with Gasteiger partial charge in [0.2, 0.25) is 0 Å². The molecule has 0 N–H and O–H groups in total. The van der Waals surface area contributed by atoms with Crippen LogP contribution in [0.15, 0.2) is 96.6 Å². The molecule has 116 valence electrons. The van der Waals surface area contributed by atoms with Crippen molar-refractivity contribution >= 4 is 0 Å². The van der Waals surface area contributed by atoms with Gasteiger partial charge in [-0.05, 0) is 37.0 Å². The third-order valence-electron chi connectivity index (χ3n) is 3.42. The third-order valence-corrected chi connectivity index (χ3v) is 3.42. The van der Waals surface area contributed by atoms with Crippen LogP contribution in [0.25, 0.3) is 0 Å². The Bertz CT molecular complexity index is 577. The van der Waals surface area contributed by atoms with Gasteiger partial charge in [0.1, 0.15) is 11.5 Å². The Hall–Kier alpha value is -2.28. The van der Waals surface area contributed by atoms with Crippen molar-refractivity contribution in [1.29, 1.82) is 0 Å². The van der Waals surface area contributed by atoms with Crippen LogP contribution in [0.2, 0.25) is 0 Å². The van der Waals surface area contributed by atoms with Crippen LogP contribution in [0, 0.1) is 0 Å². The summed E-state index contributed by atoms with van der Waals surface area (Å²) in [5, 5.41) is 0. The maximum absolute atomic E-state index is 6.04. The normalized spacial score (nSPS) is 18.0. The summed E-state index contributed by atoms with van der Waals surface area (Å²) >= 11 is 0. The van der Waals surface area contributed by atoms with Crippen molar-refractivity contribution in [1.82, 2.24) is 0 Å². The standard InChI is InChI=1S/C21H26O/c1-6-10-12-14-18-16-19(13-8-3)21(9-4)22-17(5)20(18)15-11-7-2/h6-7,9-12,14-15H,1-2,4,8,13,16H2,3,5H3/b12-10-,15-11-,18-14+. The highest BCUT2D eigenvalue weighted by Gasteiger charge is 2.17. The average Bonchev–Trinajstić information content (AvgIpc) is 2.63. The lowest BCUT2D eigenvalue weighted by Gasteiger charge is -2.09. The highest BCUT2D eigenvalue weighted by atomic mass is 16.5. The molecule has 0 saturated carbocycles. The van der Waals surface area contributed by atoms with Crippen molar-refractivity contribution in [2.24, 2.45) is 0 Å². The Morgan fingerprint density at radius 2 is 1.82 bits per heavy atom. The Labute approximate surface area is 135 Å². The molecule has 0 aromatic carbocycles. The van der Waals surface area contributed by atoms with Gasteiger partial charge in [-0.3, -0.25) is 0 Å². The second-order valence-corrected chi connectivity index (χ2v) is 5.08. The Balaban J connectivity index is 3.36. The molecule has 1 nitrogen and oxygen atoms in total. The number of hydrogen-bond donors (Lipinski definition) is 0. The number of hydrogen-bond acceptors (Lipinski definition) is 1. The van der Waals surface area contributed by atoms with Gasteiger partial charge in [-0.2, -0.15) is 0 Å². The summed E-state index contributed by atoms with van der Waals surface area (Å²) in [4.78, 5) is 0. The molecule has 22 heavy (non-hydrogen) atoms. The van der Waals surface area contributed by atoms with Crippen LogP contribution in [0.3, 0.4) is 0 Å². The molecule has 0 spiro atoms. The van der Waals surface area contributed by atoms with Crippen LogP contribution in [-0.2, 0) is 4.74 Å². The quantitative estimate of drug-likeness (QED) is 0.498. The molecule has 0 bridgehead atoms. The van der Waals surface area contributed by atoms with Crippen molar-refractivity contribution < 1.29 is 4.74 Å². The maximum atomic E-state index is 6.04. The van der Waals surface area contributed by atoms with Crippen LogP contribution in [-0.4, -0.2) is 0 Å². The van der Waals surface area contributed by atoms with Crippen molar-refractivity contribution in [2.45, 2.75) is 33.1 Å². The number of allylic oxidation sites excluding steroid dienone is 12. The smallest absolute Gasteiger partial charge is 0.125 e. The second-order valence-electron chi connectivity index (χ2n) is 5.08. The molecule has 1 heterocycles. The topological polar surface area (TPSA) is 9.23 Å². The zero-order chi connectivity index (χ0) is 16.4. The molecule has 0 aromatic rings. The van der Waals surface area contributed by atoms with E-state index in [2.05, 4.69) is 32.7 Å². The van der Waals surface area contributed by atoms with E-state index in [9.17, 15) is 0 Å². The largest absolute Gasteiger partial charge is 0.461 e. The Kier molecular flexibility index (Phi) is 7.77. The monoisotopic (exact) mass is 294 g/mol. The van der Waals surface area contributed by atoms with Gasteiger partial charge in [0.05, 0.1) is 0 Å². The van der Waals surface area contributed by atoms with Gasteiger partial charge in [0, 0.05) is 5.57 Å². The summed E-state index contributed by atoms with van der Waals surface area (Å²) in [7, 11) is 0. The molecule has 0 aliphatic carbocycles. The Morgan fingerprint density at radius 1 is 1.09 bits per heavy atom. The van der Waals surface area contributed by atoms with E-state index in [1.807, 2.05) is 37.3 Å². The minimum absolute atomic E-state index is 0.866. The van der Waals surface area contributed by atoms with Gasteiger partial charge < -0.3 is 4.74 Å². The fourth-order valence-electron chi connectivity index (χ4n) is 2.42. The molecule has 1 aliphatic rings. The van der Waals surface area contributed by atoms with E-state index >= 15 is 0 Å². The molecule has 0 atom stereocenters. The predicted molar refractivity (Wildman–Crippen MR) is 97.3 cm³/mol. The molecule has 1 heteroatoms. The second kappa shape index (κ2) is 9.62. The zero-order valence-corrected chi connectivity index (χ0v) is 13.8. The van der Waals surface area contributed by atoms with Crippen molar-refractivity contribution in [3.63, 3.8) is 0 Å². The van der Waals surface area contributed by atoms with E-state index in [1.165, 1.54) is 11.1 Å². The third kappa shape index (κ3) is 4.92. The predicted octanol–water partition coefficient (Wildman–Crippen LogP) is 6.33. The molecule has 0 amide bonds. The highest BCUT2D eigenvalue weighted by molar-refractivity contribution is 5.48. The molecule has 0 saturated heterocycles. The molecule has 0 radical (unpaired) electrons. The first-order chi connectivity index (χ1) is 10.7. The van der Waals surface area contributed by atoms with Gasteiger partial charge in [-0.15, -0.1) is 0 Å². The first-order valence-electron chi connectivity index (χ1n) is 7.68. The number of rotatable bonds is 7. The minimum atomic E-state index is 0.866.